The maximum Gasteiger partial charge on any atom is 0.268 e. The van der Waals surface area contributed by atoms with E-state index in [-0.39, 0.29) is 15.9 Å². The number of nitrogens with one attached hydrogen (secondary N) is 1. The lowest BCUT2D eigenvalue weighted by molar-refractivity contribution is -0.107. The lowest BCUT2D eigenvalue weighted by Crippen LogP contribution is -2.56. The van der Waals surface area contributed by atoms with Gasteiger partial charge in [0, 0.05) is 34.2 Å². The van der Waals surface area contributed by atoms with Crippen molar-refractivity contribution in [2.75, 3.05) is 0 Å². The minimum atomic E-state index is -2.52. The summed E-state index contributed by atoms with van der Waals surface area (Å²) in [6, 6.07) is -0.751. The van der Waals surface area contributed by atoms with Crippen LogP contribution < -0.4 is 11.1 Å². The van der Waals surface area contributed by atoms with Crippen LogP contribution in [0.2, 0.25) is 0 Å². The van der Waals surface area contributed by atoms with Gasteiger partial charge in [-0.2, -0.15) is 0 Å². The third-order valence-corrected chi connectivity index (χ3v) is 5.01. The van der Waals surface area contributed by atoms with Crippen LogP contribution in [0.1, 0.15) is 33.1 Å². The van der Waals surface area contributed by atoms with Gasteiger partial charge in [0.15, 0.2) is 6.10 Å². The van der Waals surface area contributed by atoms with Crippen LogP contribution in [0.3, 0.4) is 0 Å². The molecule has 23 heavy (non-hydrogen) atoms. The molecule has 0 amide bonds. The molecule has 1 aliphatic carbocycles. The van der Waals surface area contributed by atoms with Crippen molar-refractivity contribution in [3.8, 4) is 0 Å². The van der Waals surface area contributed by atoms with E-state index in [4.69, 9.17) is 15.2 Å². The lowest BCUT2D eigenvalue weighted by Gasteiger charge is -2.36. The number of rotatable bonds is 8. The molecule has 0 aromatic rings. The summed E-state index contributed by atoms with van der Waals surface area (Å²) in [5.41, 5.74) is 6.86. The second-order valence-corrected chi connectivity index (χ2v) is 6.89. The summed E-state index contributed by atoms with van der Waals surface area (Å²) >= 11 is 1.72. The Labute approximate surface area is 148 Å². The van der Waals surface area contributed by atoms with Crippen molar-refractivity contribution in [1.29, 1.82) is 0 Å². The molecule has 1 saturated heterocycles. The summed E-state index contributed by atoms with van der Waals surface area (Å²) in [7, 11) is 0. The highest BCUT2D eigenvalue weighted by atomic mass is 127. The van der Waals surface area contributed by atoms with E-state index >= 15 is 0 Å². The van der Waals surface area contributed by atoms with Gasteiger partial charge in [0.2, 0.25) is 3.79 Å². The summed E-state index contributed by atoms with van der Waals surface area (Å²) in [5, 5.41) is 2.99. The zero-order chi connectivity index (χ0) is 17.1. The largest absolute Gasteiger partial charge is 0.369 e. The molecule has 0 aromatic carbocycles. The van der Waals surface area contributed by atoms with Gasteiger partial charge in [-0.25, -0.2) is 8.78 Å². The Morgan fingerprint density at radius 3 is 2.65 bits per heavy atom. The van der Waals surface area contributed by atoms with Gasteiger partial charge in [0.05, 0.1) is 18.2 Å². The molecule has 1 fully saturated rings. The van der Waals surface area contributed by atoms with Crippen molar-refractivity contribution >= 4 is 26.4 Å². The van der Waals surface area contributed by atoms with Crippen molar-refractivity contribution in [2.24, 2.45) is 5.73 Å². The van der Waals surface area contributed by atoms with Gasteiger partial charge in [-0.15, -0.1) is 0 Å². The Kier molecular flexibility index (Phi) is 6.90. The maximum absolute atomic E-state index is 12.6. The maximum atomic E-state index is 12.6. The quantitative estimate of drug-likeness (QED) is 0.341. The number of hydrogen-bond donors (Lipinski definition) is 2. The highest BCUT2D eigenvalue weighted by Crippen LogP contribution is 2.30. The summed E-state index contributed by atoms with van der Waals surface area (Å²) in [6.07, 6.45) is -0.827. The second kappa shape index (κ2) is 8.28. The van der Waals surface area contributed by atoms with Gasteiger partial charge in [-0.05, 0) is 25.3 Å². The van der Waals surface area contributed by atoms with E-state index in [9.17, 15) is 13.6 Å². The molecule has 2 aliphatic rings. The number of carbonyl (C=O) groups is 1. The molecule has 5 nitrogen and oxygen atoms in total. The molecule has 0 aromatic heterocycles. The number of epoxide rings is 1. The fourth-order valence-electron chi connectivity index (χ4n) is 2.79. The van der Waals surface area contributed by atoms with Crippen LogP contribution in [-0.2, 0) is 14.3 Å². The number of alkyl halides is 2. The Bertz CT molecular complexity index is 460. The molecule has 0 bridgehead atoms. The third-order valence-electron chi connectivity index (χ3n) is 4.31. The van der Waals surface area contributed by atoms with Crippen molar-refractivity contribution in [1.82, 2.24) is 5.32 Å². The van der Waals surface area contributed by atoms with Crippen molar-refractivity contribution in [3.05, 3.63) is 11.6 Å². The van der Waals surface area contributed by atoms with Crippen LogP contribution in [0, 0.1) is 0 Å². The van der Waals surface area contributed by atoms with E-state index in [0.29, 0.717) is 12.0 Å². The summed E-state index contributed by atoms with van der Waals surface area (Å²) in [6.45, 7) is 4.05. The van der Waals surface area contributed by atoms with E-state index in [1.165, 1.54) is 0 Å². The van der Waals surface area contributed by atoms with Gasteiger partial charge in [-0.1, -0.05) is 13.8 Å². The fraction of sp³-hybridized carbons (Fsp3) is 0.800. The first-order valence-corrected chi connectivity index (χ1v) is 8.96. The van der Waals surface area contributed by atoms with Crippen LogP contribution in [0.4, 0.5) is 8.78 Å². The highest BCUT2D eigenvalue weighted by Gasteiger charge is 2.48. The van der Waals surface area contributed by atoms with E-state index in [1.807, 2.05) is 13.8 Å². The van der Waals surface area contributed by atoms with Crippen molar-refractivity contribution in [3.63, 3.8) is 0 Å². The lowest BCUT2D eigenvalue weighted by atomic mass is 9.88. The summed E-state index contributed by atoms with van der Waals surface area (Å²) < 4.78 is 36.0. The number of ether oxygens (including phenoxy) is 2. The molecule has 1 aliphatic heterocycles. The standard InChI is InChI=1S/C15H23F2IN2O3/c1-3-8(4-2)22-10-6-7(14(18)21)5-9(11(10)19)20-15-12(23-15)13(16)17/h6,8-13,15,20H,3-5,19H2,1-2H3/t9-,10+,11+,12?,15?/m0/s1. The van der Waals surface area contributed by atoms with E-state index in [1.54, 1.807) is 28.7 Å². The third kappa shape index (κ3) is 4.91. The van der Waals surface area contributed by atoms with Gasteiger partial charge >= 0.3 is 0 Å². The molecule has 5 atom stereocenters. The molecule has 8 heteroatoms. The number of nitrogens with two attached hydrogens (primary N) is 1. The molecule has 0 spiro atoms. The van der Waals surface area contributed by atoms with Crippen LogP contribution in [-0.4, -0.2) is 46.8 Å². The zero-order valence-corrected chi connectivity index (χ0v) is 15.3. The number of hydrogen-bond acceptors (Lipinski definition) is 5. The van der Waals surface area contributed by atoms with Crippen molar-refractivity contribution < 1.29 is 23.0 Å². The van der Waals surface area contributed by atoms with E-state index in [0.717, 1.165) is 12.8 Å². The first kappa shape index (κ1) is 19.2. The first-order valence-electron chi connectivity index (χ1n) is 7.88. The normalized spacial score (nSPS) is 33.9. The van der Waals surface area contributed by atoms with E-state index < -0.39 is 30.9 Å². The van der Waals surface area contributed by atoms with Crippen LogP contribution in [0.15, 0.2) is 11.6 Å². The monoisotopic (exact) mass is 444 g/mol. The molecule has 2 unspecified atom stereocenters. The average molecular weight is 444 g/mol. The Hall–Kier alpha value is -0.160. The Morgan fingerprint density at radius 2 is 2.17 bits per heavy atom. The zero-order valence-electron chi connectivity index (χ0n) is 13.2. The number of halogens is 3. The average Bonchev–Trinajstić information content (AvgIpc) is 3.27. The minimum Gasteiger partial charge on any atom is -0.369 e. The van der Waals surface area contributed by atoms with Crippen LogP contribution in [0.25, 0.3) is 0 Å². The Morgan fingerprint density at radius 1 is 1.52 bits per heavy atom. The number of carbonyl (C=O) groups excluding carboxylic acids is 1. The van der Waals surface area contributed by atoms with Gasteiger partial charge in [-0.3, -0.25) is 10.1 Å². The fourth-order valence-corrected chi connectivity index (χ4v) is 3.19. The molecular weight excluding hydrogens is 421 g/mol. The SMILES string of the molecule is CCC(CC)O[C@@H]1C=C(C(=O)I)C[C@H](NC2OC2C(F)F)[C@H]1N. The van der Waals surface area contributed by atoms with Gasteiger partial charge in [0.1, 0.15) is 6.23 Å². The topological polar surface area (TPSA) is 76.9 Å². The summed E-state index contributed by atoms with van der Waals surface area (Å²) in [5.74, 6) is 0. The smallest absolute Gasteiger partial charge is 0.268 e. The minimum absolute atomic E-state index is 0.0533. The van der Waals surface area contributed by atoms with Crippen molar-refractivity contribution in [2.45, 2.75) is 76.2 Å². The van der Waals surface area contributed by atoms with Crippen LogP contribution in [0.5, 0.6) is 0 Å². The molecule has 0 saturated carbocycles. The molecule has 0 radical (unpaired) electrons. The molecule has 3 N–H and O–H groups in total. The van der Waals surface area contributed by atoms with Crippen LogP contribution >= 0.6 is 22.6 Å². The first-order chi connectivity index (χ1) is 10.9. The second-order valence-electron chi connectivity index (χ2n) is 5.92. The van der Waals surface area contributed by atoms with Gasteiger partial charge in [0.25, 0.3) is 6.43 Å². The molecular formula is C15H23F2IN2O3. The summed E-state index contributed by atoms with van der Waals surface area (Å²) in [4.78, 5) is 11.7. The predicted molar refractivity (Wildman–Crippen MR) is 90.5 cm³/mol. The molecule has 1 heterocycles. The molecule has 2 rings (SSSR count). The molecule has 132 valence electrons. The van der Waals surface area contributed by atoms with Gasteiger partial charge < -0.3 is 15.2 Å². The highest BCUT2D eigenvalue weighted by molar-refractivity contribution is 14.1. The van der Waals surface area contributed by atoms with E-state index in [2.05, 4.69) is 5.32 Å². The predicted octanol–water partition coefficient (Wildman–Crippen LogP) is 2.13. The Balaban J connectivity index is 2.06.